The molecule has 0 radical (unpaired) electrons. The number of hydrogen-bond acceptors (Lipinski definition) is 3. The topological polar surface area (TPSA) is 49.4 Å². The average Bonchev–Trinajstić information content (AvgIpc) is 3.11. The number of nitrogens with one attached hydrogen (secondary N) is 1. The average molecular weight is 383 g/mol. The Morgan fingerprint density at radius 2 is 2.04 bits per heavy atom. The van der Waals surface area contributed by atoms with Gasteiger partial charge in [-0.1, -0.05) is 23.2 Å². The highest BCUT2D eigenvalue weighted by Crippen LogP contribution is 2.27. The molecule has 0 saturated carbocycles. The third kappa shape index (κ3) is 3.74. The molecule has 1 N–H and O–H groups in total. The molecule has 1 atom stereocenters. The van der Waals surface area contributed by atoms with Crippen LogP contribution in [0.2, 0.25) is 10.0 Å². The number of likely N-dealkylation sites (tertiary alicyclic amines) is 1. The standard InChI is InChI=1S/C17H16Cl2N2O2S/c18-12-4-5-14(13(19)9-12)20-16(22)15-3-1-2-7-21(15)17(23)11-6-8-24-10-11/h4-6,8-10,15H,1-3,7H2,(H,20,22)/t15-/m0/s1. The summed E-state index contributed by atoms with van der Waals surface area (Å²) >= 11 is 13.5. The number of carbonyl (C=O) groups is 2. The molecule has 7 heteroatoms. The minimum Gasteiger partial charge on any atom is -0.327 e. The largest absolute Gasteiger partial charge is 0.327 e. The highest BCUT2D eigenvalue weighted by Gasteiger charge is 2.33. The van der Waals surface area contributed by atoms with Gasteiger partial charge in [0.15, 0.2) is 0 Å². The van der Waals surface area contributed by atoms with E-state index in [4.69, 9.17) is 23.2 Å². The van der Waals surface area contributed by atoms with Gasteiger partial charge in [-0.05, 0) is 48.9 Å². The number of anilines is 1. The van der Waals surface area contributed by atoms with Crippen LogP contribution in [0, 0.1) is 0 Å². The third-order valence-electron chi connectivity index (χ3n) is 4.02. The highest BCUT2D eigenvalue weighted by molar-refractivity contribution is 7.08. The van der Waals surface area contributed by atoms with Gasteiger partial charge in [0.1, 0.15) is 6.04 Å². The van der Waals surface area contributed by atoms with Crippen molar-refractivity contribution in [1.82, 2.24) is 4.90 Å². The van der Waals surface area contributed by atoms with Crippen molar-refractivity contribution in [3.8, 4) is 0 Å². The Balaban J connectivity index is 1.77. The summed E-state index contributed by atoms with van der Waals surface area (Å²) in [6.07, 6.45) is 2.47. The second-order valence-electron chi connectivity index (χ2n) is 5.64. The van der Waals surface area contributed by atoms with Gasteiger partial charge in [0, 0.05) is 16.9 Å². The molecular formula is C17H16Cl2N2O2S. The van der Waals surface area contributed by atoms with Crippen molar-refractivity contribution in [3.63, 3.8) is 0 Å². The lowest BCUT2D eigenvalue weighted by atomic mass is 10.0. The third-order valence-corrected chi connectivity index (χ3v) is 5.25. The first kappa shape index (κ1) is 17.3. The molecule has 0 unspecified atom stereocenters. The van der Waals surface area contributed by atoms with Crippen molar-refractivity contribution >= 4 is 52.0 Å². The van der Waals surface area contributed by atoms with E-state index >= 15 is 0 Å². The molecule has 1 aliphatic rings. The van der Waals surface area contributed by atoms with Gasteiger partial charge in [0.25, 0.3) is 5.91 Å². The summed E-state index contributed by atoms with van der Waals surface area (Å²) in [6.45, 7) is 0.584. The van der Waals surface area contributed by atoms with E-state index < -0.39 is 6.04 Å². The van der Waals surface area contributed by atoms with E-state index in [-0.39, 0.29) is 11.8 Å². The van der Waals surface area contributed by atoms with E-state index in [0.717, 1.165) is 12.8 Å². The lowest BCUT2D eigenvalue weighted by Crippen LogP contribution is -2.49. The number of hydrogen-bond donors (Lipinski definition) is 1. The number of halogens is 2. The molecule has 1 aromatic heterocycles. The maximum atomic E-state index is 12.7. The van der Waals surface area contributed by atoms with Gasteiger partial charge >= 0.3 is 0 Å². The lowest BCUT2D eigenvalue weighted by molar-refractivity contribution is -0.121. The number of rotatable bonds is 3. The Labute approximate surface area is 154 Å². The Bertz CT molecular complexity index is 749. The molecule has 2 aromatic rings. The summed E-state index contributed by atoms with van der Waals surface area (Å²) in [5.41, 5.74) is 1.13. The van der Waals surface area contributed by atoms with Crippen LogP contribution in [0.25, 0.3) is 0 Å². The van der Waals surface area contributed by atoms with Crippen molar-refractivity contribution in [3.05, 3.63) is 50.6 Å². The van der Waals surface area contributed by atoms with Crippen LogP contribution >= 0.6 is 34.5 Å². The minimum atomic E-state index is -0.488. The molecule has 0 bridgehead atoms. The van der Waals surface area contributed by atoms with E-state index in [1.165, 1.54) is 11.3 Å². The maximum absolute atomic E-state index is 12.7. The Morgan fingerprint density at radius 1 is 1.21 bits per heavy atom. The molecule has 1 aromatic carbocycles. The molecule has 4 nitrogen and oxygen atoms in total. The fourth-order valence-electron chi connectivity index (χ4n) is 2.81. The molecule has 1 aliphatic heterocycles. The molecule has 3 rings (SSSR count). The Kier molecular flexibility index (Phi) is 5.43. The first-order valence-corrected chi connectivity index (χ1v) is 9.35. The first-order chi connectivity index (χ1) is 11.6. The first-order valence-electron chi connectivity index (χ1n) is 7.65. The summed E-state index contributed by atoms with van der Waals surface area (Å²) in [7, 11) is 0. The van der Waals surface area contributed by atoms with Crippen molar-refractivity contribution < 1.29 is 9.59 Å². The molecule has 24 heavy (non-hydrogen) atoms. The van der Waals surface area contributed by atoms with Gasteiger partial charge in [-0.15, -0.1) is 0 Å². The minimum absolute atomic E-state index is 0.0988. The van der Waals surface area contributed by atoms with Gasteiger partial charge in [0.05, 0.1) is 16.3 Å². The summed E-state index contributed by atoms with van der Waals surface area (Å²) < 4.78 is 0. The smallest absolute Gasteiger partial charge is 0.255 e. The number of benzene rings is 1. The maximum Gasteiger partial charge on any atom is 0.255 e. The zero-order chi connectivity index (χ0) is 17.1. The zero-order valence-corrected chi connectivity index (χ0v) is 15.1. The molecule has 126 valence electrons. The summed E-state index contributed by atoms with van der Waals surface area (Å²) in [5.74, 6) is -0.319. The number of thiophene rings is 1. The van der Waals surface area contributed by atoms with Crippen molar-refractivity contribution in [1.29, 1.82) is 0 Å². The molecule has 2 heterocycles. The number of nitrogens with zero attached hydrogens (tertiary/aromatic N) is 1. The molecule has 1 saturated heterocycles. The van der Waals surface area contributed by atoms with Gasteiger partial charge in [-0.25, -0.2) is 0 Å². The van der Waals surface area contributed by atoms with E-state index in [1.807, 2.05) is 10.8 Å². The SMILES string of the molecule is O=C(Nc1ccc(Cl)cc1Cl)[C@@H]1CCCCN1C(=O)c1ccsc1. The van der Waals surface area contributed by atoms with Crippen LogP contribution < -0.4 is 5.32 Å². The quantitative estimate of drug-likeness (QED) is 0.836. The number of piperidine rings is 1. The van der Waals surface area contributed by atoms with Crippen LogP contribution in [-0.2, 0) is 4.79 Å². The van der Waals surface area contributed by atoms with Gasteiger partial charge in [0.2, 0.25) is 5.91 Å². The summed E-state index contributed by atoms with van der Waals surface area (Å²) in [6, 6.07) is 6.20. The molecule has 0 aliphatic carbocycles. The Morgan fingerprint density at radius 3 is 2.75 bits per heavy atom. The van der Waals surface area contributed by atoms with Gasteiger partial charge < -0.3 is 10.2 Å². The monoisotopic (exact) mass is 382 g/mol. The van der Waals surface area contributed by atoms with Crippen LogP contribution in [0.15, 0.2) is 35.0 Å². The molecule has 2 amide bonds. The van der Waals surface area contributed by atoms with Gasteiger partial charge in [-0.2, -0.15) is 11.3 Å². The lowest BCUT2D eigenvalue weighted by Gasteiger charge is -2.34. The number of amides is 2. The number of carbonyl (C=O) groups excluding carboxylic acids is 2. The van der Waals surface area contributed by atoms with Crippen molar-refractivity contribution in [2.75, 3.05) is 11.9 Å². The Hall–Kier alpha value is -1.56. The van der Waals surface area contributed by atoms with Gasteiger partial charge in [-0.3, -0.25) is 9.59 Å². The molecular weight excluding hydrogens is 367 g/mol. The van der Waals surface area contributed by atoms with Crippen molar-refractivity contribution in [2.24, 2.45) is 0 Å². The van der Waals surface area contributed by atoms with Crippen LogP contribution in [0.5, 0.6) is 0 Å². The predicted octanol–water partition coefficient (Wildman–Crippen LogP) is 4.69. The highest BCUT2D eigenvalue weighted by atomic mass is 35.5. The van der Waals surface area contributed by atoms with Crippen LogP contribution in [0.1, 0.15) is 29.6 Å². The van der Waals surface area contributed by atoms with Crippen LogP contribution in [0.4, 0.5) is 5.69 Å². The summed E-state index contributed by atoms with van der Waals surface area (Å²) in [4.78, 5) is 27.0. The van der Waals surface area contributed by atoms with E-state index in [0.29, 0.717) is 34.3 Å². The normalized spacial score (nSPS) is 17.6. The van der Waals surface area contributed by atoms with E-state index in [9.17, 15) is 9.59 Å². The predicted molar refractivity (Wildman–Crippen MR) is 98.1 cm³/mol. The van der Waals surface area contributed by atoms with E-state index in [2.05, 4.69) is 5.32 Å². The second-order valence-corrected chi connectivity index (χ2v) is 7.26. The molecule has 0 spiro atoms. The second kappa shape index (κ2) is 7.55. The van der Waals surface area contributed by atoms with Crippen molar-refractivity contribution in [2.45, 2.75) is 25.3 Å². The molecule has 1 fully saturated rings. The summed E-state index contributed by atoms with van der Waals surface area (Å²) in [5, 5.41) is 7.37. The van der Waals surface area contributed by atoms with Crippen LogP contribution in [0.3, 0.4) is 0 Å². The fourth-order valence-corrected chi connectivity index (χ4v) is 3.89. The zero-order valence-electron chi connectivity index (χ0n) is 12.8. The van der Waals surface area contributed by atoms with Crippen LogP contribution in [-0.4, -0.2) is 29.3 Å². The van der Waals surface area contributed by atoms with E-state index in [1.54, 1.807) is 29.2 Å². The fraction of sp³-hybridized carbons (Fsp3) is 0.294.